The second-order valence-corrected chi connectivity index (χ2v) is 4.39. The van der Waals surface area contributed by atoms with E-state index in [9.17, 15) is 0 Å². The van der Waals surface area contributed by atoms with Crippen LogP contribution < -0.4 is 5.73 Å². The van der Waals surface area contributed by atoms with E-state index in [0.717, 1.165) is 23.4 Å². The zero-order chi connectivity index (χ0) is 10.7. The maximum Gasteiger partial charge on any atom is 0.159 e. The highest BCUT2D eigenvalue weighted by molar-refractivity contribution is 7.08. The van der Waals surface area contributed by atoms with Gasteiger partial charge in [0.1, 0.15) is 0 Å². The summed E-state index contributed by atoms with van der Waals surface area (Å²) in [5.41, 5.74) is 7.87. The lowest BCUT2D eigenvalue weighted by Crippen LogP contribution is -2.17. The van der Waals surface area contributed by atoms with Crippen molar-refractivity contribution >= 4 is 11.3 Å². The summed E-state index contributed by atoms with van der Waals surface area (Å²) in [5.74, 6) is 0.782. The monoisotopic (exact) mass is 219 g/mol. The van der Waals surface area contributed by atoms with Crippen LogP contribution in [0.4, 0.5) is 0 Å². The third-order valence-electron chi connectivity index (χ3n) is 2.04. The van der Waals surface area contributed by atoms with Gasteiger partial charge >= 0.3 is 0 Å². The van der Waals surface area contributed by atoms with Crippen LogP contribution in [0.15, 0.2) is 29.2 Å². The van der Waals surface area contributed by atoms with E-state index >= 15 is 0 Å². The van der Waals surface area contributed by atoms with E-state index in [1.165, 1.54) is 0 Å². The summed E-state index contributed by atoms with van der Waals surface area (Å²) in [7, 11) is 0. The summed E-state index contributed by atoms with van der Waals surface area (Å²) in [6, 6.07) is 2.17. The highest BCUT2D eigenvalue weighted by Gasteiger charge is 2.02. The average Bonchev–Trinajstić information content (AvgIpc) is 2.71. The summed E-state index contributed by atoms with van der Waals surface area (Å²) in [6.45, 7) is 1.98. The number of hydrogen-bond donors (Lipinski definition) is 1. The second-order valence-electron chi connectivity index (χ2n) is 3.61. The summed E-state index contributed by atoms with van der Waals surface area (Å²) >= 11 is 1.65. The number of nitrogens with two attached hydrogens (primary N) is 1. The van der Waals surface area contributed by atoms with Crippen molar-refractivity contribution in [1.82, 2.24) is 9.97 Å². The lowest BCUT2D eigenvalue weighted by molar-refractivity contribution is 0.732. The van der Waals surface area contributed by atoms with E-state index in [1.54, 1.807) is 11.3 Å². The molecule has 0 aliphatic carbocycles. The molecule has 2 N–H and O–H groups in total. The van der Waals surface area contributed by atoms with Crippen molar-refractivity contribution in [3.8, 4) is 11.4 Å². The van der Waals surface area contributed by atoms with Crippen LogP contribution in [0, 0.1) is 0 Å². The van der Waals surface area contributed by atoms with Gasteiger partial charge in [-0.3, -0.25) is 0 Å². The van der Waals surface area contributed by atoms with E-state index < -0.39 is 0 Å². The minimum atomic E-state index is 0.153. The van der Waals surface area contributed by atoms with E-state index in [0.29, 0.717) is 0 Å². The molecule has 0 aliphatic rings. The molecule has 0 amide bonds. The van der Waals surface area contributed by atoms with Crippen LogP contribution in [0.3, 0.4) is 0 Å². The lowest BCUT2D eigenvalue weighted by atomic mass is 10.1. The van der Waals surface area contributed by atoms with Crippen molar-refractivity contribution in [2.75, 3.05) is 0 Å². The molecule has 0 spiro atoms. The van der Waals surface area contributed by atoms with Gasteiger partial charge in [-0.05, 0) is 30.4 Å². The van der Waals surface area contributed by atoms with Crippen molar-refractivity contribution in [2.24, 2.45) is 5.73 Å². The Balaban J connectivity index is 2.17. The molecule has 1 unspecified atom stereocenters. The quantitative estimate of drug-likeness (QED) is 0.860. The van der Waals surface area contributed by atoms with Crippen LogP contribution in [0.5, 0.6) is 0 Å². The first-order valence-corrected chi connectivity index (χ1v) is 5.79. The van der Waals surface area contributed by atoms with Crippen molar-refractivity contribution in [3.63, 3.8) is 0 Å². The Morgan fingerprint density at radius 1 is 1.40 bits per heavy atom. The predicted octanol–water partition coefficient (Wildman–Crippen LogP) is 2.09. The van der Waals surface area contributed by atoms with Gasteiger partial charge in [-0.25, -0.2) is 9.97 Å². The molecule has 2 heterocycles. The molecular formula is C11H13N3S. The van der Waals surface area contributed by atoms with E-state index in [2.05, 4.69) is 9.97 Å². The third-order valence-corrected chi connectivity index (χ3v) is 2.73. The first-order valence-electron chi connectivity index (χ1n) is 4.85. The van der Waals surface area contributed by atoms with Gasteiger partial charge in [0.25, 0.3) is 0 Å². The van der Waals surface area contributed by atoms with Gasteiger partial charge in [-0.1, -0.05) is 0 Å². The highest BCUT2D eigenvalue weighted by Crippen LogP contribution is 2.17. The molecule has 4 heteroatoms. The Kier molecular flexibility index (Phi) is 3.08. The van der Waals surface area contributed by atoms with Gasteiger partial charge < -0.3 is 5.73 Å². The Labute approximate surface area is 93.0 Å². The zero-order valence-electron chi connectivity index (χ0n) is 8.55. The maximum absolute atomic E-state index is 5.70. The molecule has 0 fully saturated rings. The van der Waals surface area contributed by atoms with Crippen molar-refractivity contribution in [1.29, 1.82) is 0 Å². The third kappa shape index (κ3) is 2.61. The second kappa shape index (κ2) is 4.51. The summed E-state index contributed by atoms with van der Waals surface area (Å²) in [6.07, 6.45) is 4.52. The number of nitrogens with zero attached hydrogens (tertiary/aromatic N) is 2. The van der Waals surface area contributed by atoms with Crippen molar-refractivity contribution in [2.45, 2.75) is 19.4 Å². The largest absolute Gasteiger partial charge is 0.328 e. The molecule has 2 aromatic rings. The lowest BCUT2D eigenvalue weighted by Gasteiger charge is -2.04. The number of rotatable bonds is 3. The van der Waals surface area contributed by atoms with Crippen molar-refractivity contribution < 1.29 is 0 Å². The summed E-state index contributed by atoms with van der Waals surface area (Å²) in [5, 5.41) is 4.06. The Hall–Kier alpha value is -1.26. The molecule has 3 nitrogen and oxygen atoms in total. The van der Waals surface area contributed by atoms with Crippen LogP contribution in [0.1, 0.15) is 12.5 Å². The predicted molar refractivity (Wildman–Crippen MR) is 62.7 cm³/mol. The number of thiophene rings is 1. The maximum atomic E-state index is 5.70. The fraction of sp³-hybridized carbons (Fsp3) is 0.273. The SMILES string of the molecule is CC(N)Cc1cnc(-c2ccsc2)nc1. The minimum absolute atomic E-state index is 0.153. The van der Waals surface area contributed by atoms with Gasteiger partial charge in [-0.15, -0.1) is 0 Å². The van der Waals surface area contributed by atoms with Crippen LogP contribution in [-0.4, -0.2) is 16.0 Å². The topological polar surface area (TPSA) is 51.8 Å². The van der Waals surface area contributed by atoms with E-state index in [-0.39, 0.29) is 6.04 Å². The Morgan fingerprint density at radius 2 is 2.13 bits per heavy atom. The van der Waals surface area contributed by atoms with Gasteiger partial charge in [-0.2, -0.15) is 11.3 Å². The van der Waals surface area contributed by atoms with Gasteiger partial charge in [0.05, 0.1) is 0 Å². The normalized spacial score (nSPS) is 12.7. The molecule has 0 bridgehead atoms. The molecule has 15 heavy (non-hydrogen) atoms. The smallest absolute Gasteiger partial charge is 0.159 e. The minimum Gasteiger partial charge on any atom is -0.328 e. The van der Waals surface area contributed by atoms with Crippen LogP contribution in [0.25, 0.3) is 11.4 Å². The first kappa shape index (κ1) is 10.3. The Morgan fingerprint density at radius 3 is 2.67 bits per heavy atom. The number of hydrogen-bond acceptors (Lipinski definition) is 4. The average molecular weight is 219 g/mol. The summed E-state index contributed by atoms with van der Waals surface area (Å²) in [4.78, 5) is 8.63. The molecular weight excluding hydrogens is 206 g/mol. The standard InChI is InChI=1S/C11H13N3S/c1-8(12)4-9-5-13-11(14-6-9)10-2-3-15-7-10/h2-3,5-8H,4,12H2,1H3. The highest BCUT2D eigenvalue weighted by atomic mass is 32.1. The van der Waals surface area contributed by atoms with Crippen molar-refractivity contribution in [3.05, 3.63) is 34.8 Å². The molecule has 2 rings (SSSR count). The van der Waals surface area contributed by atoms with Crippen LogP contribution in [-0.2, 0) is 6.42 Å². The van der Waals surface area contributed by atoms with Gasteiger partial charge in [0, 0.05) is 29.4 Å². The van der Waals surface area contributed by atoms with Crippen LogP contribution in [0.2, 0.25) is 0 Å². The fourth-order valence-electron chi connectivity index (χ4n) is 1.37. The molecule has 2 aromatic heterocycles. The number of aromatic nitrogens is 2. The molecule has 0 saturated heterocycles. The first-order chi connectivity index (χ1) is 7.25. The Bertz CT molecular complexity index is 406. The molecule has 0 aromatic carbocycles. The van der Waals surface area contributed by atoms with Gasteiger partial charge in [0.15, 0.2) is 5.82 Å². The summed E-state index contributed by atoms with van der Waals surface area (Å²) < 4.78 is 0. The molecule has 78 valence electrons. The van der Waals surface area contributed by atoms with Crippen LogP contribution >= 0.6 is 11.3 Å². The van der Waals surface area contributed by atoms with E-state index in [1.807, 2.05) is 36.1 Å². The molecule has 0 radical (unpaired) electrons. The van der Waals surface area contributed by atoms with E-state index in [4.69, 9.17) is 5.73 Å². The molecule has 0 aliphatic heterocycles. The molecule has 1 atom stereocenters. The zero-order valence-corrected chi connectivity index (χ0v) is 9.37. The van der Waals surface area contributed by atoms with Gasteiger partial charge in [0.2, 0.25) is 0 Å². The fourth-order valence-corrected chi connectivity index (χ4v) is 2.01. The molecule has 0 saturated carbocycles.